The van der Waals surface area contributed by atoms with Crippen molar-refractivity contribution in [3.05, 3.63) is 35.4 Å². The first kappa shape index (κ1) is 10.4. The second kappa shape index (κ2) is 4.58. The molecule has 0 spiro atoms. The second-order valence-electron chi connectivity index (χ2n) is 4.03. The van der Waals surface area contributed by atoms with Gasteiger partial charge in [0.2, 0.25) is 0 Å². The predicted molar refractivity (Wildman–Crippen MR) is 59.1 cm³/mol. The van der Waals surface area contributed by atoms with E-state index in [9.17, 15) is 4.79 Å². The standard InChI is InChI=1S/C13H16O2/c1-10-6-2-3-7-11(10)13(14)12-8-4-5-9-15-12/h2-3,6-7,12H,4-5,8-9H2,1H3. The van der Waals surface area contributed by atoms with Crippen molar-refractivity contribution in [1.29, 1.82) is 0 Å². The molecule has 15 heavy (non-hydrogen) atoms. The largest absolute Gasteiger partial charge is 0.370 e. The summed E-state index contributed by atoms with van der Waals surface area (Å²) in [6.07, 6.45) is 2.84. The van der Waals surface area contributed by atoms with Crippen molar-refractivity contribution >= 4 is 5.78 Å². The van der Waals surface area contributed by atoms with Gasteiger partial charge in [-0.3, -0.25) is 4.79 Å². The smallest absolute Gasteiger partial charge is 0.191 e. The van der Waals surface area contributed by atoms with Crippen LogP contribution in [0.5, 0.6) is 0 Å². The highest BCUT2D eigenvalue weighted by molar-refractivity contribution is 6.00. The highest BCUT2D eigenvalue weighted by Crippen LogP contribution is 2.19. The Morgan fingerprint density at radius 1 is 1.33 bits per heavy atom. The number of ketones is 1. The number of ether oxygens (including phenoxy) is 1. The van der Waals surface area contributed by atoms with Crippen molar-refractivity contribution in [2.24, 2.45) is 0 Å². The normalized spacial score (nSPS) is 21.3. The number of carbonyl (C=O) groups is 1. The van der Waals surface area contributed by atoms with Crippen LogP contribution in [-0.2, 0) is 4.74 Å². The highest BCUT2D eigenvalue weighted by atomic mass is 16.5. The molecule has 0 saturated carbocycles. The third-order valence-electron chi connectivity index (χ3n) is 2.88. The van der Waals surface area contributed by atoms with E-state index in [1.165, 1.54) is 0 Å². The van der Waals surface area contributed by atoms with E-state index >= 15 is 0 Å². The quantitative estimate of drug-likeness (QED) is 0.692. The molecule has 1 aliphatic rings. The molecule has 0 amide bonds. The maximum atomic E-state index is 12.1. The van der Waals surface area contributed by atoms with Crippen LogP contribution in [0.15, 0.2) is 24.3 Å². The third-order valence-corrected chi connectivity index (χ3v) is 2.88. The Morgan fingerprint density at radius 2 is 2.13 bits per heavy atom. The number of Topliss-reactive ketones (excluding diaryl/α,β-unsaturated/α-hetero) is 1. The Balaban J connectivity index is 2.16. The maximum Gasteiger partial charge on any atom is 0.191 e. The molecule has 1 aromatic rings. The van der Waals surface area contributed by atoms with E-state index in [-0.39, 0.29) is 11.9 Å². The minimum Gasteiger partial charge on any atom is -0.370 e. The Labute approximate surface area is 90.3 Å². The van der Waals surface area contributed by atoms with Crippen LogP contribution in [0.2, 0.25) is 0 Å². The summed E-state index contributed by atoms with van der Waals surface area (Å²) in [5, 5.41) is 0. The second-order valence-corrected chi connectivity index (χ2v) is 4.03. The molecule has 1 fully saturated rings. The van der Waals surface area contributed by atoms with Gasteiger partial charge < -0.3 is 4.74 Å². The van der Waals surface area contributed by atoms with Crippen LogP contribution >= 0.6 is 0 Å². The Bertz CT molecular complexity index is 351. The van der Waals surface area contributed by atoms with Gasteiger partial charge in [0.15, 0.2) is 5.78 Å². The first-order chi connectivity index (χ1) is 7.29. The van der Waals surface area contributed by atoms with E-state index in [1.807, 2.05) is 31.2 Å². The summed E-state index contributed by atoms with van der Waals surface area (Å²) < 4.78 is 5.50. The van der Waals surface area contributed by atoms with E-state index in [0.29, 0.717) is 0 Å². The minimum absolute atomic E-state index is 0.146. The van der Waals surface area contributed by atoms with Crippen LogP contribution in [0.4, 0.5) is 0 Å². The van der Waals surface area contributed by atoms with Crippen molar-refractivity contribution in [2.45, 2.75) is 32.3 Å². The van der Waals surface area contributed by atoms with Gasteiger partial charge in [-0.2, -0.15) is 0 Å². The van der Waals surface area contributed by atoms with Gasteiger partial charge in [0, 0.05) is 12.2 Å². The number of carbonyl (C=O) groups excluding carboxylic acids is 1. The zero-order valence-corrected chi connectivity index (χ0v) is 9.03. The Kier molecular flexibility index (Phi) is 3.17. The van der Waals surface area contributed by atoms with Gasteiger partial charge in [-0.1, -0.05) is 24.3 Å². The molecular formula is C13H16O2. The zero-order valence-electron chi connectivity index (χ0n) is 9.03. The van der Waals surface area contributed by atoms with E-state index in [1.54, 1.807) is 0 Å². The first-order valence-corrected chi connectivity index (χ1v) is 5.50. The zero-order chi connectivity index (χ0) is 10.7. The summed E-state index contributed by atoms with van der Waals surface area (Å²) in [5.41, 5.74) is 1.85. The van der Waals surface area contributed by atoms with E-state index in [4.69, 9.17) is 4.74 Å². The third kappa shape index (κ3) is 2.26. The van der Waals surface area contributed by atoms with Gasteiger partial charge >= 0.3 is 0 Å². The van der Waals surface area contributed by atoms with Gasteiger partial charge in [0.1, 0.15) is 6.10 Å². The lowest BCUT2D eigenvalue weighted by Crippen LogP contribution is -2.28. The summed E-state index contributed by atoms with van der Waals surface area (Å²) in [4.78, 5) is 12.1. The Morgan fingerprint density at radius 3 is 2.80 bits per heavy atom. The molecule has 80 valence electrons. The van der Waals surface area contributed by atoms with Gasteiger partial charge in [0.25, 0.3) is 0 Å². The van der Waals surface area contributed by atoms with Crippen molar-refractivity contribution in [3.63, 3.8) is 0 Å². The van der Waals surface area contributed by atoms with Crippen molar-refractivity contribution < 1.29 is 9.53 Å². The van der Waals surface area contributed by atoms with E-state index < -0.39 is 0 Å². The lowest BCUT2D eigenvalue weighted by atomic mass is 9.97. The maximum absolute atomic E-state index is 12.1. The van der Waals surface area contributed by atoms with Gasteiger partial charge in [-0.25, -0.2) is 0 Å². The number of hydrogen-bond acceptors (Lipinski definition) is 2. The van der Waals surface area contributed by atoms with Gasteiger partial charge in [0.05, 0.1) is 0 Å². The Hall–Kier alpha value is -1.15. The topological polar surface area (TPSA) is 26.3 Å². The average molecular weight is 204 g/mol. The van der Waals surface area contributed by atoms with Crippen LogP contribution in [0.3, 0.4) is 0 Å². The summed E-state index contributed by atoms with van der Waals surface area (Å²) in [6.45, 7) is 2.69. The lowest BCUT2D eigenvalue weighted by Gasteiger charge is -2.21. The van der Waals surface area contributed by atoms with Crippen LogP contribution in [0.25, 0.3) is 0 Å². The molecule has 1 saturated heterocycles. The van der Waals surface area contributed by atoms with Crippen LogP contribution in [-0.4, -0.2) is 18.5 Å². The molecule has 2 rings (SSSR count). The lowest BCUT2D eigenvalue weighted by molar-refractivity contribution is 0.0186. The molecule has 0 bridgehead atoms. The number of hydrogen-bond donors (Lipinski definition) is 0. The van der Waals surface area contributed by atoms with Crippen molar-refractivity contribution in [1.82, 2.24) is 0 Å². The van der Waals surface area contributed by atoms with Gasteiger partial charge in [-0.15, -0.1) is 0 Å². The molecule has 1 aliphatic heterocycles. The molecule has 0 N–H and O–H groups in total. The summed E-state index contributed by atoms with van der Waals surface area (Å²) in [6, 6.07) is 7.71. The number of rotatable bonds is 2. The van der Waals surface area contributed by atoms with E-state index in [0.717, 1.165) is 37.0 Å². The molecule has 2 nitrogen and oxygen atoms in total. The molecular weight excluding hydrogens is 188 g/mol. The highest BCUT2D eigenvalue weighted by Gasteiger charge is 2.23. The minimum atomic E-state index is -0.208. The molecule has 0 aromatic heterocycles. The van der Waals surface area contributed by atoms with Crippen molar-refractivity contribution in [2.75, 3.05) is 6.61 Å². The SMILES string of the molecule is Cc1ccccc1C(=O)C1CCCCO1. The monoisotopic (exact) mass is 204 g/mol. The summed E-state index contributed by atoms with van der Waals surface area (Å²) in [7, 11) is 0. The average Bonchev–Trinajstić information content (AvgIpc) is 2.30. The molecule has 0 aliphatic carbocycles. The fourth-order valence-electron chi connectivity index (χ4n) is 1.97. The number of benzene rings is 1. The molecule has 1 atom stereocenters. The van der Waals surface area contributed by atoms with Crippen LogP contribution in [0.1, 0.15) is 35.2 Å². The molecule has 2 heteroatoms. The fourth-order valence-corrected chi connectivity index (χ4v) is 1.97. The molecule has 1 unspecified atom stereocenters. The summed E-state index contributed by atoms with van der Waals surface area (Å²) >= 11 is 0. The molecule has 1 aromatic carbocycles. The fraction of sp³-hybridized carbons (Fsp3) is 0.462. The van der Waals surface area contributed by atoms with E-state index in [2.05, 4.69) is 0 Å². The van der Waals surface area contributed by atoms with Crippen molar-refractivity contribution in [3.8, 4) is 0 Å². The molecule has 0 radical (unpaired) electrons. The van der Waals surface area contributed by atoms with Crippen LogP contribution < -0.4 is 0 Å². The summed E-state index contributed by atoms with van der Waals surface area (Å²) in [5.74, 6) is 0.146. The van der Waals surface area contributed by atoms with Crippen LogP contribution in [0, 0.1) is 6.92 Å². The first-order valence-electron chi connectivity index (χ1n) is 5.50. The number of aryl methyl sites for hydroxylation is 1. The van der Waals surface area contributed by atoms with Gasteiger partial charge in [-0.05, 0) is 31.7 Å². The molecule has 1 heterocycles. The predicted octanol–water partition coefficient (Wildman–Crippen LogP) is 2.75.